The number of ether oxygens (including phenoxy) is 1. The number of halogens is 1. The number of carbonyl (C=O) groups is 1. The second-order valence-corrected chi connectivity index (χ2v) is 6.76. The Balaban J connectivity index is 1.59. The van der Waals surface area contributed by atoms with Crippen LogP contribution in [0.5, 0.6) is 5.75 Å². The van der Waals surface area contributed by atoms with Crippen LogP contribution in [0, 0.1) is 11.3 Å². The summed E-state index contributed by atoms with van der Waals surface area (Å²) in [6, 6.07) is 26.2. The highest BCUT2D eigenvalue weighted by atomic mass is 35.5. The highest BCUT2D eigenvalue weighted by molar-refractivity contribution is 6.30. The number of benzene rings is 3. The molecule has 0 saturated heterocycles. The van der Waals surface area contributed by atoms with Crippen LogP contribution in [0.1, 0.15) is 16.7 Å². The summed E-state index contributed by atoms with van der Waals surface area (Å²) in [7, 11) is 0. The van der Waals surface area contributed by atoms with E-state index >= 15 is 0 Å². The first-order valence-corrected chi connectivity index (χ1v) is 9.43. The molecule has 144 valence electrons. The van der Waals surface area contributed by atoms with Crippen molar-refractivity contribution < 1.29 is 9.53 Å². The molecule has 4 nitrogen and oxygen atoms in total. The van der Waals surface area contributed by atoms with Gasteiger partial charge < -0.3 is 10.1 Å². The summed E-state index contributed by atoms with van der Waals surface area (Å²) in [6.07, 6.45) is 1.56. The van der Waals surface area contributed by atoms with Gasteiger partial charge in [0.25, 0.3) is 5.91 Å². The molecule has 0 heterocycles. The fourth-order valence-corrected chi connectivity index (χ4v) is 2.86. The lowest BCUT2D eigenvalue weighted by molar-refractivity contribution is -0.117. The molecule has 0 aromatic heterocycles. The molecular weight excluding hydrogens is 384 g/mol. The Labute approximate surface area is 175 Å². The fraction of sp³-hybridized carbons (Fsp3) is 0.0833. The largest absolute Gasteiger partial charge is 0.489 e. The summed E-state index contributed by atoms with van der Waals surface area (Å²) in [5.41, 5.74) is 2.74. The van der Waals surface area contributed by atoms with Gasteiger partial charge in [-0.3, -0.25) is 4.79 Å². The molecule has 29 heavy (non-hydrogen) atoms. The minimum atomic E-state index is -0.405. The van der Waals surface area contributed by atoms with Crippen LogP contribution in [0.3, 0.4) is 0 Å². The number of nitrogens with zero attached hydrogens (tertiary/aromatic N) is 1. The van der Waals surface area contributed by atoms with Crippen molar-refractivity contribution in [2.75, 3.05) is 0 Å². The maximum absolute atomic E-state index is 12.3. The molecule has 3 rings (SSSR count). The molecule has 0 saturated carbocycles. The topological polar surface area (TPSA) is 62.1 Å². The van der Waals surface area contributed by atoms with Crippen molar-refractivity contribution in [1.29, 1.82) is 5.26 Å². The summed E-state index contributed by atoms with van der Waals surface area (Å²) in [6.45, 7) is 0.774. The van der Waals surface area contributed by atoms with E-state index in [2.05, 4.69) is 5.32 Å². The van der Waals surface area contributed by atoms with Gasteiger partial charge >= 0.3 is 0 Å². The maximum atomic E-state index is 12.3. The molecule has 0 radical (unpaired) electrons. The third-order valence-corrected chi connectivity index (χ3v) is 4.38. The van der Waals surface area contributed by atoms with Crippen molar-refractivity contribution in [3.8, 4) is 11.8 Å². The quantitative estimate of drug-likeness (QED) is 0.439. The fourth-order valence-electron chi connectivity index (χ4n) is 2.64. The third-order valence-electron chi connectivity index (χ3n) is 4.15. The van der Waals surface area contributed by atoms with Gasteiger partial charge in [0.15, 0.2) is 0 Å². The molecule has 0 fully saturated rings. The lowest BCUT2D eigenvalue weighted by Gasteiger charge is -2.07. The van der Waals surface area contributed by atoms with Gasteiger partial charge in [0.1, 0.15) is 24.0 Å². The standard InChI is InChI=1S/C24H19ClN2O2/c25-22-8-4-7-20(14-22)17-29-23-11-9-18(10-12-23)13-21(15-26)24(28)27-16-19-5-2-1-3-6-19/h1-14H,16-17H2,(H,27,28)/b21-13+. The molecule has 0 aliphatic carbocycles. The molecule has 3 aromatic carbocycles. The highest BCUT2D eigenvalue weighted by Gasteiger charge is 2.08. The minimum Gasteiger partial charge on any atom is -0.489 e. The second-order valence-electron chi connectivity index (χ2n) is 6.33. The monoisotopic (exact) mass is 402 g/mol. The molecule has 0 aliphatic rings. The molecule has 0 atom stereocenters. The van der Waals surface area contributed by atoms with E-state index in [-0.39, 0.29) is 5.57 Å². The number of carbonyl (C=O) groups excluding carboxylic acids is 1. The van der Waals surface area contributed by atoms with E-state index in [0.29, 0.717) is 23.9 Å². The third kappa shape index (κ3) is 6.24. The summed E-state index contributed by atoms with van der Waals surface area (Å²) >= 11 is 5.97. The van der Waals surface area contributed by atoms with Crippen LogP contribution in [0.2, 0.25) is 5.02 Å². The summed E-state index contributed by atoms with van der Waals surface area (Å²) < 4.78 is 5.74. The highest BCUT2D eigenvalue weighted by Crippen LogP contribution is 2.17. The van der Waals surface area contributed by atoms with E-state index in [1.807, 2.05) is 60.7 Å². The Kier molecular flexibility index (Phi) is 7.05. The van der Waals surface area contributed by atoms with Crippen molar-refractivity contribution in [3.05, 3.63) is 106 Å². The lowest BCUT2D eigenvalue weighted by Crippen LogP contribution is -2.23. The Morgan fingerprint density at radius 3 is 2.41 bits per heavy atom. The van der Waals surface area contributed by atoms with Crippen LogP contribution in [0.4, 0.5) is 0 Å². The lowest BCUT2D eigenvalue weighted by atomic mass is 10.1. The van der Waals surface area contributed by atoms with Crippen molar-refractivity contribution in [3.63, 3.8) is 0 Å². The first-order chi connectivity index (χ1) is 14.1. The van der Waals surface area contributed by atoms with E-state index in [0.717, 1.165) is 16.7 Å². The van der Waals surface area contributed by atoms with Crippen molar-refractivity contribution in [1.82, 2.24) is 5.32 Å². The minimum absolute atomic E-state index is 0.0496. The van der Waals surface area contributed by atoms with Gasteiger partial charge in [-0.1, -0.05) is 66.2 Å². The average Bonchev–Trinajstić information content (AvgIpc) is 2.76. The SMILES string of the molecule is N#C/C(=C\c1ccc(OCc2cccc(Cl)c2)cc1)C(=O)NCc1ccccc1. The normalized spacial score (nSPS) is 10.8. The molecule has 5 heteroatoms. The summed E-state index contributed by atoms with van der Waals surface area (Å²) in [4.78, 5) is 12.3. The van der Waals surface area contributed by atoms with E-state index in [9.17, 15) is 10.1 Å². The number of nitrogens with one attached hydrogen (secondary N) is 1. The molecule has 1 amide bonds. The van der Waals surface area contributed by atoms with Crippen molar-refractivity contribution >= 4 is 23.6 Å². The van der Waals surface area contributed by atoms with Gasteiger partial charge in [0, 0.05) is 11.6 Å². The molecule has 3 aromatic rings. The number of hydrogen-bond donors (Lipinski definition) is 1. The number of hydrogen-bond acceptors (Lipinski definition) is 3. The van der Waals surface area contributed by atoms with Gasteiger partial charge in [-0.2, -0.15) is 5.26 Å². The zero-order chi connectivity index (χ0) is 20.5. The molecule has 0 bridgehead atoms. The van der Waals surface area contributed by atoms with E-state index in [1.165, 1.54) is 0 Å². The van der Waals surface area contributed by atoms with Crippen LogP contribution in [-0.2, 0) is 17.9 Å². The Hall–Kier alpha value is -3.55. The number of nitriles is 1. The van der Waals surface area contributed by atoms with Crippen LogP contribution < -0.4 is 10.1 Å². The summed E-state index contributed by atoms with van der Waals surface area (Å²) in [5, 5.41) is 12.8. The average molecular weight is 403 g/mol. The Bertz CT molecular complexity index is 1040. The molecule has 1 N–H and O–H groups in total. The van der Waals surface area contributed by atoms with Crippen LogP contribution in [0.25, 0.3) is 6.08 Å². The summed E-state index contributed by atoms with van der Waals surface area (Å²) in [5.74, 6) is 0.284. The zero-order valence-corrected chi connectivity index (χ0v) is 16.4. The molecule has 0 spiro atoms. The molecule has 0 aliphatic heterocycles. The first kappa shape index (κ1) is 20.2. The van der Waals surface area contributed by atoms with Crippen molar-refractivity contribution in [2.24, 2.45) is 0 Å². The van der Waals surface area contributed by atoms with Gasteiger partial charge in [0.05, 0.1) is 0 Å². The van der Waals surface area contributed by atoms with Crippen molar-refractivity contribution in [2.45, 2.75) is 13.2 Å². The molecular formula is C24H19ClN2O2. The van der Waals surface area contributed by atoms with Gasteiger partial charge in [0.2, 0.25) is 0 Å². The predicted octanol–water partition coefficient (Wildman–Crippen LogP) is 5.14. The van der Waals surface area contributed by atoms with Crippen LogP contribution in [0.15, 0.2) is 84.4 Å². The van der Waals surface area contributed by atoms with Crippen LogP contribution >= 0.6 is 11.6 Å². The second kappa shape index (κ2) is 10.1. The van der Waals surface area contributed by atoms with Crippen LogP contribution in [-0.4, -0.2) is 5.91 Å². The number of amides is 1. The predicted molar refractivity (Wildman–Crippen MR) is 114 cm³/mol. The van der Waals surface area contributed by atoms with E-state index in [1.54, 1.807) is 30.3 Å². The van der Waals surface area contributed by atoms with Gasteiger partial charge in [-0.05, 0) is 47.0 Å². The first-order valence-electron chi connectivity index (χ1n) is 9.05. The van der Waals surface area contributed by atoms with Gasteiger partial charge in [-0.15, -0.1) is 0 Å². The van der Waals surface area contributed by atoms with E-state index in [4.69, 9.17) is 16.3 Å². The zero-order valence-electron chi connectivity index (χ0n) is 15.6. The van der Waals surface area contributed by atoms with E-state index < -0.39 is 5.91 Å². The Morgan fingerprint density at radius 2 is 1.72 bits per heavy atom. The molecule has 0 unspecified atom stereocenters. The smallest absolute Gasteiger partial charge is 0.262 e. The maximum Gasteiger partial charge on any atom is 0.262 e. The number of rotatable bonds is 7. The van der Waals surface area contributed by atoms with Gasteiger partial charge in [-0.25, -0.2) is 0 Å². The Morgan fingerprint density at radius 1 is 1.00 bits per heavy atom.